The summed E-state index contributed by atoms with van der Waals surface area (Å²) < 4.78 is 0. The standard InChI is InChI=1S/C8H14O3/c1-6(9)4-3-5-8(11)7(2)10/h8,11H,3-5H2,1-2H3. The zero-order valence-corrected chi connectivity index (χ0v) is 6.96. The van der Waals surface area contributed by atoms with Crippen molar-refractivity contribution < 1.29 is 14.7 Å². The van der Waals surface area contributed by atoms with Gasteiger partial charge in [0.1, 0.15) is 11.9 Å². The topological polar surface area (TPSA) is 54.4 Å². The Kier molecular flexibility index (Phi) is 4.70. The number of aliphatic hydroxyl groups is 1. The minimum absolute atomic E-state index is 0.0979. The van der Waals surface area contributed by atoms with Crippen LogP contribution in [0.1, 0.15) is 33.1 Å². The monoisotopic (exact) mass is 158 g/mol. The van der Waals surface area contributed by atoms with Gasteiger partial charge in [0.15, 0.2) is 5.78 Å². The number of carbonyl (C=O) groups is 2. The third-order valence-electron chi connectivity index (χ3n) is 1.48. The lowest BCUT2D eigenvalue weighted by Gasteiger charge is -2.03. The molecule has 0 spiro atoms. The van der Waals surface area contributed by atoms with E-state index in [4.69, 9.17) is 5.11 Å². The summed E-state index contributed by atoms with van der Waals surface area (Å²) in [4.78, 5) is 20.9. The molecular formula is C8H14O3. The summed E-state index contributed by atoms with van der Waals surface area (Å²) in [5, 5.41) is 8.98. The first-order valence-electron chi connectivity index (χ1n) is 3.72. The van der Waals surface area contributed by atoms with E-state index < -0.39 is 6.10 Å². The van der Waals surface area contributed by atoms with E-state index in [0.29, 0.717) is 19.3 Å². The molecule has 0 heterocycles. The summed E-state index contributed by atoms with van der Waals surface area (Å²) in [6.07, 6.45) is 0.560. The zero-order valence-electron chi connectivity index (χ0n) is 6.96. The van der Waals surface area contributed by atoms with Crippen LogP contribution in [0.25, 0.3) is 0 Å². The first-order chi connectivity index (χ1) is 5.04. The molecule has 1 N–H and O–H groups in total. The van der Waals surface area contributed by atoms with Crippen molar-refractivity contribution in [3.8, 4) is 0 Å². The molecule has 1 unspecified atom stereocenters. The van der Waals surface area contributed by atoms with Gasteiger partial charge in [-0.3, -0.25) is 4.79 Å². The maximum Gasteiger partial charge on any atom is 0.158 e. The highest BCUT2D eigenvalue weighted by Crippen LogP contribution is 2.01. The fraction of sp³-hybridized carbons (Fsp3) is 0.750. The van der Waals surface area contributed by atoms with Crippen LogP contribution < -0.4 is 0 Å². The second kappa shape index (κ2) is 5.02. The fourth-order valence-corrected chi connectivity index (χ4v) is 0.748. The maximum atomic E-state index is 10.5. The van der Waals surface area contributed by atoms with E-state index >= 15 is 0 Å². The van der Waals surface area contributed by atoms with Gasteiger partial charge in [-0.25, -0.2) is 0 Å². The Balaban J connectivity index is 3.39. The van der Waals surface area contributed by atoms with E-state index in [9.17, 15) is 9.59 Å². The molecule has 0 aromatic heterocycles. The number of rotatable bonds is 5. The summed E-state index contributed by atoms with van der Waals surface area (Å²) in [7, 11) is 0. The molecule has 0 saturated carbocycles. The number of ketones is 2. The van der Waals surface area contributed by atoms with Crippen molar-refractivity contribution in [2.45, 2.75) is 39.2 Å². The maximum absolute atomic E-state index is 10.5. The summed E-state index contributed by atoms with van der Waals surface area (Å²) >= 11 is 0. The minimum atomic E-state index is -0.880. The van der Waals surface area contributed by atoms with Crippen LogP contribution in [0.5, 0.6) is 0 Å². The Hall–Kier alpha value is -0.700. The molecule has 0 aliphatic rings. The van der Waals surface area contributed by atoms with Crippen molar-refractivity contribution in [2.75, 3.05) is 0 Å². The third-order valence-corrected chi connectivity index (χ3v) is 1.48. The molecule has 3 nitrogen and oxygen atoms in total. The molecule has 0 aromatic carbocycles. The predicted molar refractivity (Wildman–Crippen MR) is 41.2 cm³/mol. The van der Waals surface area contributed by atoms with Crippen LogP contribution in [0.3, 0.4) is 0 Å². The van der Waals surface area contributed by atoms with Crippen LogP contribution in [-0.4, -0.2) is 22.8 Å². The van der Waals surface area contributed by atoms with Crippen LogP contribution in [0.15, 0.2) is 0 Å². The average Bonchev–Trinajstić information content (AvgIpc) is 1.86. The van der Waals surface area contributed by atoms with Gasteiger partial charge in [0.2, 0.25) is 0 Å². The lowest BCUT2D eigenvalue weighted by atomic mass is 10.1. The van der Waals surface area contributed by atoms with E-state index in [1.807, 2.05) is 0 Å². The minimum Gasteiger partial charge on any atom is -0.385 e. The van der Waals surface area contributed by atoms with Crippen molar-refractivity contribution >= 4 is 11.6 Å². The molecule has 0 rings (SSSR count). The molecule has 0 aliphatic heterocycles. The van der Waals surface area contributed by atoms with Crippen LogP contribution in [0.4, 0.5) is 0 Å². The van der Waals surface area contributed by atoms with Gasteiger partial charge in [0.05, 0.1) is 0 Å². The highest BCUT2D eigenvalue weighted by Gasteiger charge is 2.08. The first kappa shape index (κ1) is 10.3. The van der Waals surface area contributed by atoms with Gasteiger partial charge in [-0.05, 0) is 26.7 Å². The molecule has 0 fully saturated rings. The molecule has 0 aliphatic carbocycles. The number of hydrogen-bond acceptors (Lipinski definition) is 3. The fourth-order valence-electron chi connectivity index (χ4n) is 0.748. The Labute approximate surface area is 66.4 Å². The highest BCUT2D eigenvalue weighted by atomic mass is 16.3. The van der Waals surface area contributed by atoms with Crippen molar-refractivity contribution in [2.24, 2.45) is 0 Å². The highest BCUT2D eigenvalue weighted by molar-refractivity contribution is 5.80. The van der Waals surface area contributed by atoms with Crippen LogP contribution in [-0.2, 0) is 9.59 Å². The van der Waals surface area contributed by atoms with E-state index in [1.54, 1.807) is 0 Å². The van der Waals surface area contributed by atoms with Gasteiger partial charge >= 0.3 is 0 Å². The van der Waals surface area contributed by atoms with Gasteiger partial charge in [-0.1, -0.05) is 0 Å². The zero-order chi connectivity index (χ0) is 8.85. The van der Waals surface area contributed by atoms with Crippen molar-refractivity contribution in [1.29, 1.82) is 0 Å². The van der Waals surface area contributed by atoms with Gasteiger partial charge < -0.3 is 9.90 Å². The van der Waals surface area contributed by atoms with E-state index in [-0.39, 0.29) is 11.6 Å². The summed E-state index contributed by atoms with van der Waals surface area (Å²) in [5.74, 6) is -0.130. The van der Waals surface area contributed by atoms with Crippen molar-refractivity contribution in [1.82, 2.24) is 0 Å². The van der Waals surface area contributed by atoms with Gasteiger partial charge in [0, 0.05) is 6.42 Å². The molecule has 0 radical (unpaired) electrons. The Morgan fingerprint density at radius 3 is 2.27 bits per heavy atom. The molecule has 3 heteroatoms. The lowest BCUT2D eigenvalue weighted by Crippen LogP contribution is -2.16. The van der Waals surface area contributed by atoms with Crippen LogP contribution >= 0.6 is 0 Å². The largest absolute Gasteiger partial charge is 0.385 e. The summed E-state index contributed by atoms with van der Waals surface area (Å²) in [6.45, 7) is 2.85. The predicted octanol–water partition coefficient (Wildman–Crippen LogP) is 0.696. The van der Waals surface area contributed by atoms with Crippen LogP contribution in [0.2, 0.25) is 0 Å². The molecule has 0 aromatic rings. The van der Waals surface area contributed by atoms with E-state index in [1.165, 1.54) is 13.8 Å². The molecule has 11 heavy (non-hydrogen) atoms. The summed E-state index contributed by atoms with van der Waals surface area (Å²) in [6, 6.07) is 0. The number of aliphatic hydroxyl groups excluding tert-OH is 1. The first-order valence-corrected chi connectivity index (χ1v) is 3.72. The smallest absolute Gasteiger partial charge is 0.158 e. The van der Waals surface area contributed by atoms with E-state index in [2.05, 4.69) is 0 Å². The molecular weight excluding hydrogens is 144 g/mol. The Morgan fingerprint density at radius 2 is 1.91 bits per heavy atom. The number of carbonyl (C=O) groups excluding carboxylic acids is 2. The quantitative estimate of drug-likeness (QED) is 0.640. The SMILES string of the molecule is CC(=O)CCCC(O)C(C)=O. The molecule has 0 saturated heterocycles. The summed E-state index contributed by atoms with van der Waals surface area (Å²) in [5.41, 5.74) is 0. The molecule has 0 bridgehead atoms. The second-order valence-corrected chi connectivity index (χ2v) is 2.72. The third kappa shape index (κ3) is 5.73. The van der Waals surface area contributed by atoms with Gasteiger partial charge in [0.25, 0.3) is 0 Å². The Morgan fingerprint density at radius 1 is 1.36 bits per heavy atom. The van der Waals surface area contributed by atoms with Gasteiger partial charge in [-0.15, -0.1) is 0 Å². The second-order valence-electron chi connectivity index (χ2n) is 2.72. The number of Topliss-reactive ketones (excluding diaryl/α,β-unsaturated/α-hetero) is 2. The van der Waals surface area contributed by atoms with Gasteiger partial charge in [-0.2, -0.15) is 0 Å². The molecule has 64 valence electrons. The molecule has 0 amide bonds. The van der Waals surface area contributed by atoms with Crippen molar-refractivity contribution in [3.05, 3.63) is 0 Å². The Bertz CT molecular complexity index is 151. The average molecular weight is 158 g/mol. The van der Waals surface area contributed by atoms with Crippen LogP contribution in [0, 0.1) is 0 Å². The van der Waals surface area contributed by atoms with Crippen molar-refractivity contribution in [3.63, 3.8) is 0 Å². The molecule has 1 atom stereocenters. The van der Waals surface area contributed by atoms with E-state index in [0.717, 1.165) is 0 Å². The number of hydrogen-bond donors (Lipinski definition) is 1. The normalized spacial score (nSPS) is 12.6. The lowest BCUT2D eigenvalue weighted by molar-refractivity contribution is -0.125.